The van der Waals surface area contributed by atoms with Crippen molar-refractivity contribution in [1.82, 2.24) is 5.32 Å². The lowest BCUT2D eigenvalue weighted by Crippen LogP contribution is -2.39. The van der Waals surface area contributed by atoms with Crippen LogP contribution in [0.2, 0.25) is 0 Å². The maximum atomic E-state index is 11.2. The summed E-state index contributed by atoms with van der Waals surface area (Å²) < 4.78 is 5.42. The Kier molecular flexibility index (Phi) is 5.77. The van der Waals surface area contributed by atoms with Gasteiger partial charge in [0, 0.05) is 19.8 Å². The molecule has 4 heteroatoms. The molecule has 3 N–H and O–H groups in total. The van der Waals surface area contributed by atoms with E-state index in [0.717, 1.165) is 26.2 Å². The first-order chi connectivity index (χ1) is 7.72. The summed E-state index contributed by atoms with van der Waals surface area (Å²) in [5.41, 5.74) is 5.55. The molecule has 0 aliphatic heterocycles. The number of nitrogens with one attached hydrogen (secondary N) is 1. The van der Waals surface area contributed by atoms with E-state index < -0.39 is 0 Å². The standard InChI is InChI=1S/C12H24N2O2/c1-2-16-8-7-12(5-3-4-6-12)10-14-11(15)9-13/h2-10,13H2,1H3,(H,14,15). The average Bonchev–Trinajstić information content (AvgIpc) is 2.76. The van der Waals surface area contributed by atoms with Gasteiger partial charge in [-0.3, -0.25) is 4.79 Å². The van der Waals surface area contributed by atoms with Crippen molar-refractivity contribution in [2.75, 3.05) is 26.3 Å². The summed E-state index contributed by atoms with van der Waals surface area (Å²) in [7, 11) is 0. The zero-order chi connectivity index (χ0) is 11.9. The van der Waals surface area contributed by atoms with E-state index in [1.54, 1.807) is 0 Å². The highest BCUT2D eigenvalue weighted by Crippen LogP contribution is 2.40. The van der Waals surface area contributed by atoms with Crippen molar-refractivity contribution >= 4 is 5.91 Å². The van der Waals surface area contributed by atoms with Gasteiger partial charge in [-0.25, -0.2) is 0 Å². The van der Waals surface area contributed by atoms with Crippen LogP contribution in [-0.2, 0) is 9.53 Å². The van der Waals surface area contributed by atoms with E-state index >= 15 is 0 Å². The van der Waals surface area contributed by atoms with Crippen LogP contribution in [0.5, 0.6) is 0 Å². The molecule has 1 rings (SSSR count). The van der Waals surface area contributed by atoms with Crippen LogP contribution in [0.1, 0.15) is 39.0 Å². The average molecular weight is 228 g/mol. The summed E-state index contributed by atoms with van der Waals surface area (Å²) in [5.74, 6) is -0.0531. The molecule has 1 saturated carbocycles. The third-order valence-electron chi connectivity index (χ3n) is 3.49. The van der Waals surface area contributed by atoms with E-state index in [2.05, 4.69) is 5.32 Å². The third-order valence-corrected chi connectivity index (χ3v) is 3.49. The van der Waals surface area contributed by atoms with Crippen molar-refractivity contribution in [3.63, 3.8) is 0 Å². The second kappa shape index (κ2) is 6.86. The molecule has 1 amide bonds. The molecule has 94 valence electrons. The molecule has 1 fully saturated rings. The van der Waals surface area contributed by atoms with Crippen molar-refractivity contribution in [3.05, 3.63) is 0 Å². The molecule has 0 bridgehead atoms. The van der Waals surface area contributed by atoms with Gasteiger partial charge < -0.3 is 15.8 Å². The van der Waals surface area contributed by atoms with Crippen molar-refractivity contribution < 1.29 is 9.53 Å². The molecular weight excluding hydrogens is 204 g/mol. The summed E-state index contributed by atoms with van der Waals surface area (Å²) in [6.07, 6.45) is 5.98. The number of ether oxygens (including phenoxy) is 1. The highest BCUT2D eigenvalue weighted by atomic mass is 16.5. The van der Waals surface area contributed by atoms with Gasteiger partial charge in [-0.2, -0.15) is 0 Å². The SMILES string of the molecule is CCOCCC1(CNC(=O)CN)CCCC1. The first-order valence-corrected chi connectivity index (χ1v) is 6.27. The molecule has 0 aromatic heterocycles. The van der Waals surface area contributed by atoms with Crippen LogP contribution in [-0.4, -0.2) is 32.2 Å². The molecule has 0 unspecified atom stereocenters. The van der Waals surface area contributed by atoms with Gasteiger partial charge in [-0.15, -0.1) is 0 Å². The van der Waals surface area contributed by atoms with E-state index in [9.17, 15) is 4.79 Å². The summed E-state index contributed by atoms with van der Waals surface area (Å²) in [4.78, 5) is 11.2. The molecule has 0 heterocycles. The van der Waals surface area contributed by atoms with E-state index in [0.29, 0.717) is 0 Å². The van der Waals surface area contributed by atoms with E-state index in [1.807, 2.05) is 6.92 Å². The largest absolute Gasteiger partial charge is 0.382 e. The first-order valence-electron chi connectivity index (χ1n) is 6.27. The molecule has 0 aromatic carbocycles. The number of nitrogens with two attached hydrogens (primary N) is 1. The number of rotatable bonds is 7. The zero-order valence-corrected chi connectivity index (χ0v) is 10.3. The smallest absolute Gasteiger partial charge is 0.233 e. The lowest BCUT2D eigenvalue weighted by atomic mass is 9.83. The Morgan fingerprint density at radius 2 is 2.12 bits per heavy atom. The van der Waals surface area contributed by atoms with Gasteiger partial charge in [0.2, 0.25) is 5.91 Å². The molecule has 0 aromatic rings. The number of amides is 1. The summed E-state index contributed by atoms with van der Waals surface area (Å²) >= 11 is 0. The Hall–Kier alpha value is -0.610. The fraction of sp³-hybridized carbons (Fsp3) is 0.917. The minimum Gasteiger partial charge on any atom is -0.382 e. The summed E-state index contributed by atoms with van der Waals surface area (Å²) in [5, 5.41) is 2.92. The molecule has 0 spiro atoms. The molecule has 0 saturated heterocycles. The highest BCUT2D eigenvalue weighted by molar-refractivity contribution is 5.77. The number of carbonyl (C=O) groups excluding carboxylic acids is 1. The van der Waals surface area contributed by atoms with Crippen LogP contribution < -0.4 is 11.1 Å². The van der Waals surface area contributed by atoms with Gasteiger partial charge in [0.05, 0.1) is 6.54 Å². The molecular formula is C12H24N2O2. The quantitative estimate of drug-likeness (QED) is 0.640. The van der Waals surface area contributed by atoms with Crippen LogP contribution in [0, 0.1) is 5.41 Å². The summed E-state index contributed by atoms with van der Waals surface area (Å²) in [6, 6.07) is 0. The minimum absolute atomic E-state index is 0.0531. The Morgan fingerprint density at radius 1 is 1.44 bits per heavy atom. The topological polar surface area (TPSA) is 64.3 Å². The fourth-order valence-corrected chi connectivity index (χ4v) is 2.43. The predicted octanol–water partition coefficient (Wildman–Crippen LogP) is 1.05. The van der Waals surface area contributed by atoms with Crippen molar-refractivity contribution in [1.29, 1.82) is 0 Å². The number of hydrogen-bond donors (Lipinski definition) is 2. The lowest BCUT2D eigenvalue weighted by molar-refractivity contribution is -0.120. The van der Waals surface area contributed by atoms with Gasteiger partial charge in [-0.05, 0) is 31.6 Å². The number of carbonyl (C=O) groups is 1. The molecule has 1 aliphatic carbocycles. The first kappa shape index (κ1) is 13.5. The Bertz CT molecular complexity index is 213. The Labute approximate surface area is 97.9 Å². The Morgan fingerprint density at radius 3 is 2.69 bits per heavy atom. The normalized spacial score (nSPS) is 18.6. The van der Waals surface area contributed by atoms with Gasteiger partial charge in [0.15, 0.2) is 0 Å². The van der Waals surface area contributed by atoms with Crippen molar-refractivity contribution in [2.24, 2.45) is 11.1 Å². The van der Waals surface area contributed by atoms with E-state index in [-0.39, 0.29) is 17.9 Å². The molecule has 0 atom stereocenters. The Balaban J connectivity index is 2.35. The second-order valence-electron chi connectivity index (χ2n) is 4.63. The maximum absolute atomic E-state index is 11.2. The van der Waals surface area contributed by atoms with Gasteiger partial charge >= 0.3 is 0 Å². The zero-order valence-electron chi connectivity index (χ0n) is 10.3. The molecule has 16 heavy (non-hydrogen) atoms. The van der Waals surface area contributed by atoms with Crippen LogP contribution in [0.15, 0.2) is 0 Å². The predicted molar refractivity (Wildman–Crippen MR) is 64.1 cm³/mol. The van der Waals surface area contributed by atoms with Gasteiger partial charge in [0.25, 0.3) is 0 Å². The van der Waals surface area contributed by atoms with E-state index in [4.69, 9.17) is 10.5 Å². The minimum atomic E-state index is -0.0531. The summed E-state index contributed by atoms with van der Waals surface area (Å²) in [6.45, 7) is 4.43. The number of hydrogen-bond acceptors (Lipinski definition) is 3. The monoisotopic (exact) mass is 228 g/mol. The molecule has 4 nitrogen and oxygen atoms in total. The molecule has 0 radical (unpaired) electrons. The van der Waals surface area contributed by atoms with Gasteiger partial charge in [-0.1, -0.05) is 12.8 Å². The van der Waals surface area contributed by atoms with Crippen LogP contribution >= 0.6 is 0 Å². The van der Waals surface area contributed by atoms with Crippen molar-refractivity contribution in [2.45, 2.75) is 39.0 Å². The van der Waals surface area contributed by atoms with Crippen molar-refractivity contribution in [3.8, 4) is 0 Å². The van der Waals surface area contributed by atoms with Crippen LogP contribution in [0.4, 0.5) is 0 Å². The maximum Gasteiger partial charge on any atom is 0.233 e. The molecule has 1 aliphatic rings. The fourth-order valence-electron chi connectivity index (χ4n) is 2.43. The third kappa shape index (κ3) is 4.10. The van der Waals surface area contributed by atoms with E-state index in [1.165, 1.54) is 25.7 Å². The van der Waals surface area contributed by atoms with Gasteiger partial charge in [0.1, 0.15) is 0 Å². The lowest BCUT2D eigenvalue weighted by Gasteiger charge is -2.29. The van der Waals surface area contributed by atoms with Crippen LogP contribution in [0.25, 0.3) is 0 Å². The van der Waals surface area contributed by atoms with Crippen LogP contribution in [0.3, 0.4) is 0 Å². The highest BCUT2D eigenvalue weighted by Gasteiger charge is 2.33. The second-order valence-corrected chi connectivity index (χ2v) is 4.63.